The van der Waals surface area contributed by atoms with Crippen LogP contribution in [0.25, 0.3) is 0 Å². The molecule has 1 aromatic carbocycles. The van der Waals surface area contributed by atoms with Gasteiger partial charge in [-0.15, -0.1) is 0 Å². The Labute approximate surface area is 123 Å². The molecule has 3 rings (SSSR count). The third-order valence-electron chi connectivity index (χ3n) is 4.75. The van der Waals surface area contributed by atoms with E-state index in [4.69, 9.17) is 11.6 Å². The van der Waals surface area contributed by atoms with Crippen molar-refractivity contribution in [1.29, 1.82) is 0 Å². The molecule has 2 aliphatic rings. The number of amides is 1. The number of piperidine rings is 1. The summed E-state index contributed by atoms with van der Waals surface area (Å²) in [6.45, 7) is 0.686. The van der Waals surface area contributed by atoms with E-state index in [1.54, 1.807) is 11.0 Å². The van der Waals surface area contributed by atoms with Crippen LogP contribution in [-0.4, -0.2) is 12.5 Å². The monoisotopic (exact) mass is 295 g/mol. The van der Waals surface area contributed by atoms with E-state index in [1.165, 1.54) is 18.6 Å². The van der Waals surface area contributed by atoms with Gasteiger partial charge in [0.2, 0.25) is 5.91 Å². The minimum Gasteiger partial charge on any atom is -0.310 e. The largest absolute Gasteiger partial charge is 0.310 e. The number of benzene rings is 1. The average molecular weight is 296 g/mol. The molecular formula is C16H19ClFNO. The van der Waals surface area contributed by atoms with Crippen LogP contribution < -0.4 is 4.90 Å². The van der Waals surface area contributed by atoms with Gasteiger partial charge in [-0.05, 0) is 43.9 Å². The van der Waals surface area contributed by atoms with Crippen LogP contribution in [0.15, 0.2) is 18.2 Å². The molecule has 1 heterocycles. The van der Waals surface area contributed by atoms with Crippen LogP contribution in [0.4, 0.5) is 10.1 Å². The number of carbonyl (C=O) groups is 1. The standard InChI is InChI=1S/C16H19ClFNO/c17-13-11-12(18)5-6-14(13)19-10-4-9-16(15(19)20)7-2-1-3-8-16/h5-6,11H,1-4,7-10H2. The molecule has 20 heavy (non-hydrogen) atoms. The number of anilines is 1. The van der Waals surface area contributed by atoms with Crippen LogP contribution in [0.2, 0.25) is 5.02 Å². The van der Waals surface area contributed by atoms with Gasteiger partial charge in [0.1, 0.15) is 5.82 Å². The normalized spacial score (nSPS) is 22.3. The third-order valence-corrected chi connectivity index (χ3v) is 5.05. The summed E-state index contributed by atoms with van der Waals surface area (Å²) in [4.78, 5) is 14.7. The molecule has 108 valence electrons. The quantitative estimate of drug-likeness (QED) is 0.744. The molecule has 1 amide bonds. The van der Waals surface area contributed by atoms with Crippen LogP contribution in [0.1, 0.15) is 44.9 Å². The number of hydrogen-bond donors (Lipinski definition) is 0. The second-order valence-electron chi connectivity index (χ2n) is 6.00. The van der Waals surface area contributed by atoms with Crippen LogP contribution in [0.5, 0.6) is 0 Å². The lowest BCUT2D eigenvalue weighted by Crippen LogP contribution is -2.49. The summed E-state index contributed by atoms with van der Waals surface area (Å²) in [6, 6.07) is 4.28. The molecule has 1 saturated heterocycles. The van der Waals surface area contributed by atoms with Crippen LogP contribution in [-0.2, 0) is 4.79 Å². The zero-order valence-electron chi connectivity index (χ0n) is 11.5. The molecule has 1 aliphatic carbocycles. The van der Waals surface area contributed by atoms with Gasteiger partial charge in [-0.25, -0.2) is 4.39 Å². The van der Waals surface area contributed by atoms with Crippen molar-refractivity contribution in [3.63, 3.8) is 0 Å². The van der Waals surface area contributed by atoms with Gasteiger partial charge in [0, 0.05) is 12.0 Å². The number of halogens is 2. The first-order valence-corrected chi connectivity index (χ1v) is 7.77. The van der Waals surface area contributed by atoms with Crippen molar-refractivity contribution in [1.82, 2.24) is 0 Å². The van der Waals surface area contributed by atoms with Crippen molar-refractivity contribution < 1.29 is 9.18 Å². The smallest absolute Gasteiger partial charge is 0.233 e. The summed E-state index contributed by atoms with van der Waals surface area (Å²) in [5.74, 6) is -0.174. The Kier molecular flexibility index (Phi) is 3.72. The first-order chi connectivity index (χ1) is 9.62. The highest BCUT2D eigenvalue weighted by molar-refractivity contribution is 6.33. The second-order valence-corrected chi connectivity index (χ2v) is 6.40. The van der Waals surface area contributed by atoms with Gasteiger partial charge in [0.15, 0.2) is 0 Å². The van der Waals surface area contributed by atoms with Gasteiger partial charge < -0.3 is 4.90 Å². The Morgan fingerprint density at radius 2 is 1.80 bits per heavy atom. The van der Waals surface area contributed by atoms with Crippen molar-refractivity contribution in [3.8, 4) is 0 Å². The Morgan fingerprint density at radius 1 is 1.10 bits per heavy atom. The van der Waals surface area contributed by atoms with Gasteiger partial charge >= 0.3 is 0 Å². The molecular weight excluding hydrogens is 277 g/mol. The number of hydrogen-bond acceptors (Lipinski definition) is 1. The van der Waals surface area contributed by atoms with Crippen molar-refractivity contribution >= 4 is 23.2 Å². The molecule has 1 aliphatic heterocycles. The number of carbonyl (C=O) groups excluding carboxylic acids is 1. The highest BCUT2D eigenvalue weighted by Crippen LogP contribution is 2.45. The van der Waals surface area contributed by atoms with Gasteiger partial charge in [-0.1, -0.05) is 30.9 Å². The van der Waals surface area contributed by atoms with E-state index in [9.17, 15) is 9.18 Å². The fraction of sp³-hybridized carbons (Fsp3) is 0.562. The number of rotatable bonds is 1. The maximum Gasteiger partial charge on any atom is 0.233 e. The molecule has 0 radical (unpaired) electrons. The summed E-state index contributed by atoms with van der Waals surface area (Å²) in [7, 11) is 0. The predicted molar refractivity (Wildman–Crippen MR) is 78.5 cm³/mol. The molecule has 1 saturated carbocycles. The van der Waals surface area contributed by atoms with Crippen molar-refractivity contribution in [2.75, 3.05) is 11.4 Å². The summed E-state index contributed by atoms with van der Waals surface area (Å²) in [5, 5.41) is 0.325. The van der Waals surface area contributed by atoms with Crippen molar-refractivity contribution in [2.24, 2.45) is 5.41 Å². The molecule has 0 bridgehead atoms. The molecule has 4 heteroatoms. The topological polar surface area (TPSA) is 20.3 Å². The fourth-order valence-corrected chi connectivity index (χ4v) is 3.96. The van der Waals surface area contributed by atoms with Crippen LogP contribution in [0, 0.1) is 11.2 Å². The summed E-state index contributed by atoms with van der Waals surface area (Å²) >= 11 is 6.12. The van der Waals surface area contributed by atoms with E-state index >= 15 is 0 Å². The molecule has 0 aromatic heterocycles. The highest BCUT2D eigenvalue weighted by atomic mass is 35.5. The average Bonchev–Trinajstić information content (AvgIpc) is 2.44. The minimum absolute atomic E-state index is 0.186. The molecule has 2 fully saturated rings. The maximum atomic E-state index is 13.2. The highest BCUT2D eigenvalue weighted by Gasteiger charge is 2.44. The van der Waals surface area contributed by atoms with E-state index in [1.807, 2.05) is 0 Å². The Hall–Kier alpha value is -1.09. The predicted octanol–water partition coefficient (Wildman–Crippen LogP) is 4.56. The second kappa shape index (κ2) is 5.36. The number of nitrogens with zero attached hydrogens (tertiary/aromatic N) is 1. The van der Waals surface area contributed by atoms with Crippen molar-refractivity contribution in [3.05, 3.63) is 29.0 Å². The maximum absolute atomic E-state index is 13.2. The summed E-state index contributed by atoms with van der Waals surface area (Å²) in [5.41, 5.74) is 0.469. The van der Waals surface area contributed by atoms with Crippen molar-refractivity contribution in [2.45, 2.75) is 44.9 Å². The van der Waals surface area contributed by atoms with E-state index in [2.05, 4.69) is 0 Å². The van der Waals surface area contributed by atoms with Gasteiger partial charge in [-0.2, -0.15) is 0 Å². The zero-order chi connectivity index (χ0) is 14.2. The third kappa shape index (κ3) is 2.32. The van der Waals surface area contributed by atoms with E-state index in [0.29, 0.717) is 17.3 Å². The Bertz CT molecular complexity index is 520. The Morgan fingerprint density at radius 3 is 2.50 bits per heavy atom. The lowest BCUT2D eigenvalue weighted by molar-refractivity contribution is -0.132. The SMILES string of the molecule is O=C1N(c2ccc(F)cc2Cl)CCCC12CCCCC2. The first kappa shape index (κ1) is 13.9. The molecule has 0 unspecified atom stereocenters. The molecule has 1 aromatic rings. The van der Waals surface area contributed by atoms with E-state index in [0.717, 1.165) is 38.5 Å². The van der Waals surface area contributed by atoms with E-state index < -0.39 is 0 Å². The van der Waals surface area contributed by atoms with Gasteiger partial charge in [-0.3, -0.25) is 4.79 Å². The Balaban J connectivity index is 1.91. The lowest BCUT2D eigenvalue weighted by atomic mass is 9.68. The summed E-state index contributed by atoms with van der Waals surface area (Å²) < 4.78 is 13.2. The van der Waals surface area contributed by atoms with E-state index in [-0.39, 0.29) is 17.1 Å². The zero-order valence-corrected chi connectivity index (χ0v) is 12.3. The molecule has 1 spiro atoms. The fourth-order valence-electron chi connectivity index (χ4n) is 3.69. The first-order valence-electron chi connectivity index (χ1n) is 7.39. The minimum atomic E-state index is -0.365. The molecule has 0 atom stereocenters. The molecule has 0 N–H and O–H groups in total. The molecule has 2 nitrogen and oxygen atoms in total. The van der Waals surface area contributed by atoms with Crippen LogP contribution in [0.3, 0.4) is 0 Å². The van der Waals surface area contributed by atoms with Gasteiger partial charge in [0.05, 0.1) is 10.7 Å². The van der Waals surface area contributed by atoms with Gasteiger partial charge in [0.25, 0.3) is 0 Å². The lowest BCUT2D eigenvalue weighted by Gasteiger charge is -2.44. The summed E-state index contributed by atoms with van der Waals surface area (Å²) in [6.07, 6.45) is 7.46. The van der Waals surface area contributed by atoms with Crippen LogP contribution >= 0.6 is 11.6 Å².